The van der Waals surface area contributed by atoms with Crippen molar-refractivity contribution in [3.63, 3.8) is 0 Å². The van der Waals surface area contributed by atoms with Crippen LogP contribution < -0.4 is 15.0 Å². The molecule has 0 amide bonds. The maximum atomic E-state index is 12.0. The van der Waals surface area contributed by atoms with Crippen LogP contribution in [0, 0.1) is 6.92 Å². The lowest BCUT2D eigenvalue weighted by Crippen LogP contribution is -2.18. The molecule has 10 nitrogen and oxygen atoms in total. The number of carbonyl (C=O) groups excluding carboxylic acids is 2. The van der Waals surface area contributed by atoms with Gasteiger partial charge in [-0.05, 0) is 66.3 Å². The summed E-state index contributed by atoms with van der Waals surface area (Å²) in [5.74, 6) is 1.97. The zero-order valence-corrected chi connectivity index (χ0v) is 28.3. The van der Waals surface area contributed by atoms with Gasteiger partial charge < -0.3 is 14.0 Å². The zero-order chi connectivity index (χ0) is 33.6. The van der Waals surface area contributed by atoms with Gasteiger partial charge in [-0.1, -0.05) is 22.0 Å². The highest BCUT2D eigenvalue weighted by Gasteiger charge is 2.22. The first kappa shape index (κ1) is 32.9. The second-order valence-corrected chi connectivity index (χ2v) is 12.9. The molecule has 0 N–H and O–H groups in total. The van der Waals surface area contributed by atoms with E-state index in [2.05, 4.69) is 48.0 Å². The van der Waals surface area contributed by atoms with Crippen LogP contribution in [-0.2, 0) is 55.5 Å². The smallest absolute Gasteiger partial charge is 0.253 e. The topological polar surface area (TPSA) is 126 Å². The minimum Gasteiger partial charge on any atom is -0.488 e. The molecule has 0 atom stereocenters. The highest BCUT2D eigenvalue weighted by molar-refractivity contribution is 9.10. The molecule has 244 valence electrons. The Bertz CT molecular complexity index is 2010. The van der Waals surface area contributed by atoms with Crippen LogP contribution in [0.4, 0.5) is 0 Å². The van der Waals surface area contributed by atoms with Crippen LogP contribution in [0.15, 0.2) is 83.2 Å². The largest absolute Gasteiger partial charge is 0.488 e. The fraction of sp³-hybridized carbons (Fsp3) is 0.270. The summed E-state index contributed by atoms with van der Waals surface area (Å²) in [6.07, 6.45) is 15.2. The third-order valence-corrected chi connectivity index (χ3v) is 8.83. The molecule has 0 saturated heterocycles. The van der Waals surface area contributed by atoms with Gasteiger partial charge in [0.15, 0.2) is 0 Å². The molecular formula is C37H34BrN5O5. The molecule has 2 aliphatic rings. The number of aryl methyl sites for hydroxylation is 4. The molecule has 48 heavy (non-hydrogen) atoms. The quantitative estimate of drug-likeness (QED) is 0.211. The number of nitrogens with zero attached hydrogens (tertiary/aromatic N) is 5. The molecule has 7 rings (SSSR count). The molecule has 2 aliphatic carbocycles. The SMILES string of the molecule is Cc1cc(-c2cc3c(c(OCc4cncnc4)c2)CC(=O)CC3)cn(C)c1=O.O=C1CCc2cc(Br)cc(OCc3cncnc3)c2C1. The number of ketones is 2. The summed E-state index contributed by atoms with van der Waals surface area (Å²) in [7, 11) is 1.75. The molecule has 3 heterocycles. The molecular weight excluding hydrogens is 674 g/mol. The summed E-state index contributed by atoms with van der Waals surface area (Å²) in [6, 6.07) is 9.95. The summed E-state index contributed by atoms with van der Waals surface area (Å²) in [6.45, 7) is 2.55. The van der Waals surface area contributed by atoms with Gasteiger partial charge in [-0.25, -0.2) is 19.9 Å². The van der Waals surface area contributed by atoms with Gasteiger partial charge in [0.25, 0.3) is 5.56 Å². The van der Waals surface area contributed by atoms with E-state index >= 15 is 0 Å². The lowest BCUT2D eigenvalue weighted by molar-refractivity contribution is -0.119. The maximum absolute atomic E-state index is 12.0. The van der Waals surface area contributed by atoms with Crippen LogP contribution in [0.25, 0.3) is 11.1 Å². The van der Waals surface area contributed by atoms with Gasteiger partial charge in [0, 0.05) is 96.0 Å². The van der Waals surface area contributed by atoms with Gasteiger partial charge >= 0.3 is 0 Å². The van der Waals surface area contributed by atoms with Gasteiger partial charge in [-0.2, -0.15) is 0 Å². The van der Waals surface area contributed by atoms with Gasteiger partial charge in [0.2, 0.25) is 0 Å². The third-order valence-electron chi connectivity index (χ3n) is 8.37. The predicted molar refractivity (Wildman–Crippen MR) is 183 cm³/mol. The van der Waals surface area contributed by atoms with Crippen molar-refractivity contribution in [2.75, 3.05) is 0 Å². The molecule has 0 fully saturated rings. The van der Waals surface area contributed by atoms with Crippen LogP contribution in [0.2, 0.25) is 0 Å². The first-order valence-corrected chi connectivity index (χ1v) is 16.4. The van der Waals surface area contributed by atoms with Gasteiger partial charge in [0.1, 0.15) is 48.9 Å². The highest BCUT2D eigenvalue weighted by atomic mass is 79.9. The highest BCUT2D eigenvalue weighted by Crippen LogP contribution is 2.35. The number of pyridine rings is 1. The Hall–Kier alpha value is -5.03. The second-order valence-electron chi connectivity index (χ2n) is 12.0. The third kappa shape index (κ3) is 7.91. The summed E-state index contributed by atoms with van der Waals surface area (Å²) >= 11 is 3.49. The maximum Gasteiger partial charge on any atom is 0.253 e. The van der Waals surface area contributed by atoms with Gasteiger partial charge in [-0.15, -0.1) is 0 Å². The van der Waals surface area contributed by atoms with Gasteiger partial charge in [0.05, 0.1) is 0 Å². The lowest BCUT2D eigenvalue weighted by atomic mass is 9.87. The van der Waals surface area contributed by atoms with Crippen molar-refractivity contribution in [1.29, 1.82) is 0 Å². The van der Waals surface area contributed by atoms with Crippen molar-refractivity contribution >= 4 is 27.5 Å². The Balaban J connectivity index is 0.000000177. The lowest BCUT2D eigenvalue weighted by Gasteiger charge is -2.21. The number of Topliss-reactive ketones (excluding diaryl/α,β-unsaturated/α-hetero) is 2. The number of carbonyl (C=O) groups is 2. The Morgan fingerprint density at radius 3 is 1.75 bits per heavy atom. The van der Waals surface area contributed by atoms with Crippen LogP contribution in [0.1, 0.15) is 51.8 Å². The minimum atomic E-state index is -0.00661. The van der Waals surface area contributed by atoms with Crippen molar-refractivity contribution < 1.29 is 19.1 Å². The second kappa shape index (κ2) is 14.8. The first-order chi connectivity index (χ1) is 23.2. The normalized spacial score (nSPS) is 13.6. The average molecular weight is 709 g/mol. The van der Waals surface area contributed by atoms with Crippen molar-refractivity contribution in [3.8, 4) is 22.6 Å². The number of benzene rings is 2. The molecule has 0 radical (unpaired) electrons. The standard InChI is InChI=1S/C22H21N3O3.C15H13BrN2O2/c1-14-5-18(11-25(2)22(14)27)17-6-16-3-4-19(26)8-20(16)21(7-17)28-12-15-9-23-13-24-10-15;16-12-3-11-1-2-13(19)5-14(11)15(4-12)20-8-10-6-17-9-18-7-10/h5-7,9-11,13H,3-4,8,12H2,1-2H3;3-4,6-7,9H,1-2,5,8H2. The minimum absolute atomic E-state index is 0.00661. The van der Waals surface area contributed by atoms with E-state index in [-0.39, 0.29) is 17.1 Å². The number of hydrogen-bond acceptors (Lipinski definition) is 9. The Morgan fingerprint density at radius 2 is 1.21 bits per heavy atom. The van der Waals surface area contributed by atoms with Crippen LogP contribution in [0.5, 0.6) is 11.5 Å². The molecule has 3 aromatic heterocycles. The van der Waals surface area contributed by atoms with E-state index in [1.54, 1.807) is 36.4 Å². The fourth-order valence-electron chi connectivity index (χ4n) is 5.93. The van der Waals surface area contributed by atoms with E-state index in [1.165, 1.54) is 18.2 Å². The number of aromatic nitrogens is 5. The summed E-state index contributed by atoms with van der Waals surface area (Å²) in [5, 5.41) is 0. The number of ether oxygens (including phenoxy) is 2. The average Bonchev–Trinajstić information content (AvgIpc) is 3.09. The van der Waals surface area contributed by atoms with Crippen molar-refractivity contribution in [3.05, 3.63) is 128 Å². The van der Waals surface area contributed by atoms with Crippen LogP contribution in [-0.4, -0.2) is 36.1 Å². The zero-order valence-electron chi connectivity index (χ0n) is 26.7. The predicted octanol–water partition coefficient (Wildman–Crippen LogP) is 5.66. The van der Waals surface area contributed by atoms with Crippen LogP contribution in [0.3, 0.4) is 0 Å². The first-order valence-electron chi connectivity index (χ1n) is 15.6. The number of hydrogen-bond donors (Lipinski definition) is 0. The summed E-state index contributed by atoms with van der Waals surface area (Å²) < 4.78 is 14.5. The molecule has 0 spiro atoms. The fourth-order valence-corrected chi connectivity index (χ4v) is 6.41. The van der Waals surface area contributed by atoms with Crippen molar-refractivity contribution in [1.82, 2.24) is 24.5 Å². The molecule has 0 unspecified atom stereocenters. The number of halogens is 1. The molecule has 11 heteroatoms. The monoisotopic (exact) mass is 707 g/mol. The summed E-state index contributed by atoms with van der Waals surface area (Å²) in [4.78, 5) is 51.6. The van der Waals surface area contributed by atoms with E-state index in [4.69, 9.17) is 9.47 Å². The van der Waals surface area contributed by atoms with Crippen LogP contribution >= 0.6 is 15.9 Å². The number of rotatable bonds is 7. The Morgan fingerprint density at radius 1 is 0.688 bits per heavy atom. The number of fused-ring (bicyclic) bond motifs is 2. The molecule has 2 aromatic carbocycles. The van der Waals surface area contributed by atoms with E-state index in [0.717, 1.165) is 55.6 Å². The Kier molecular flexibility index (Phi) is 10.1. The van der Waals surface area contributed by atoms with E-state index in [9.17, 15) is 14.4 Å². The molecule has 0 bridgehead atoms. The van der Waals surface area contributed by atoms with E-state index < -0.39 is 0 Å². The Labute approximate surface area is 286 Å². The summed E-state index contributed by atoms with van der Waals surface area (Å²) in [5.41, 5.74) is 8.67. The molecule has 0 saturated carbocycles. The molecule has 5 aromatic rings. The van der Waals surface area contributed by atoms with Crippen molar-refractivity contribution in [2.45, 2.75) is 58.7 Å². The van der Waals surface area contributed by atoms with Crippen molar-refractivity contribution in [2.24, 2.45) is 7.05 Å². The molecule has 0 aliphatic heterocycles. The van der Waals surface area contributed by atoms with E-state index in [1.807, 2.05) is 31.3 Å². The van der Waals surface area contributed by atoms with E-state index in [0.29, 0.717) is 56.6 Å². The van der Waals surface area contributed by atoms with Gasteiger partial charge in [-0.3, -0.25) is 14.4 Å².